The number of hydrogen-bond donors (Lipinski definition) is 1. The van der Waals surface area contributed by atoms with Gasteiger partial charge in [0.15, 0.2) is 0 Å². The van der Waals surface area contributed by atoms with E-state index in [0.717, 1.165) is 22.6 Å². The smallest absolute Gasteiger partial charge is 0.253 e. The zero-order valence-corrected chi connectivity index (χ0v) is 12.8. The number of nitrogens with one attached hydrogen (secondary N) is 1. The third-order valence-corrected chi connectivity index (χ3v) is 4.11. The van der Waals surface area contributed by atoms with Crippen LogP contribution < -0.4 is 5.32 Å². The minimum absolute atomic E-state index is 0.0707. The Kier molecular flexibility index (Phi) is 3.19. The van der Waals surface area contributed by atoms with Crippen LogP contribution in [0.3, 0.4) is 0 Å². The Morgan fingerprint density at radius 2 is 1.87 bits per heavy atom. The van der Waals surface area contributed by atoms with Crippen LogP contribution in [0.1, 0.15) is 21.6 Å². The van der Waals surface area contributed by atoms with Crippen molar-refractivity contribution in [1.29, 1.82) is 0 Å². The van der Waals surface area contributed by atoms with Crippen LogP contribution in [0, 0.1) is 6.92 Å². The number of nitrogens with zero attached hydrogens (tertiary/aromatic N) is 3. The molecule has 1 N–H and O–H groups in total. The van der Waals surface area contributed by atoms with E-state index in [9.17, 15) is 4.79 Å². The molecule has 0 fully saturated rings. The van der Waals surface area contributed by atoms with Crippen molar-refractivity contribution >= 4 is 5.91 Å². The van der Waals surface area contributed by atoms with Gasteiger partial charge in [-0.1, -0.05) is 47.2 Å². The average Bonchev–Trinajstić information content (AvgIpc) is 2.97. The summed E-state index contributed by atoms with van der Waals surface area (Å²) in [6.07, 6.45) is 0.691. The Morgan fingerprint density at radius 3 is 2.70 bits per heavy atom. The third-order valence-electron chi connectivity index (χ3n) is 4.11. The van der Waals surface area contributed by atoms with Gasteiger partial charge < -0.3 is 5.32 Å². The van der Waals surface area contributed by atoms with Crippen LogP contribution in [0.15, 0.2) is 48.5 Å². The van der Waals surface area contributed by atoms with Gasteiger partial charge in [-0.05, 0) is 19.1 Å². The van der Waals surface area contributed by atoms with Gasteiger partial charge in [0, 0.05) is 18.5 Å². The fourth-order valence-corrected chi connectivity index (χ4v) is 2.90. The molecule has 0 aliphatic carbocycles. The fraction of sp³-hybridized carbons (Fsp3) is 0.167. The number of fused-ring (bicyclic) bond motifs is 3. The second kappa shape index (κ2) is 5.35. The van der Waals surface area contributed by atoms with Crippen molar-refractivity contribution in [2.75, 3.05) is 6.54 Å². The number of carbonyl (C=O) groups is 1. The summed E-state index contributed by atoms with van der Waals surface area (Å²) in [5.74, 6) is -0.0707. The second-order valence-corrected chi connectivity index (χ2v) is 5.69. The molecule has 1 aliphatic heterocycles. The topological polar surface area (TPSA) is 59.8 Å². The molecule has 0 saturated heterocycles. The number of amides is 1. The monoisotopic (exact) mass is 304 g/mol. The molecule has 3 aromatic rings. The third kappa shape index (κ3) is 2.30. The fourth-order valence-electron chi connectivity index (χ4n) is 2.90. The molecule has 1 aliphatic rings. The van der Waals surface area contributed by atoms with Crippen molar-refractivity contribution < 1.29 is 4.79 Å². The van der Waals surface area contributed by atoms with Gasteiger partial charge in [-0.25, -0.2) is 4.68 Å². The Morgan fingerprint density at radius 1 is 1.09 bits per heavy atom. The predicted octanol–water partition coefficient (Wildman–Crippen LogP) is 2.53. The number of aromatic nitrogens is 3. The molecule has 0 bridgehead atoms. The highest BCUT2D eigenvalue weighted by Crippen LogP contribution is 2.26. The molecule has 0 unspecified atom stereocenters. The number of para-hydroxylation sites is 1. The van der Waals surface area contributed by atoms with Crippen LogP contribution in [0.25, 0.3) is 16.9 Å². The van der Waals surface area contributed by atoms with E-state index in [-0.39, 0.29) is 5.91 Å². The van der Waals surface area contributed by atoms with Gasteiger partial charge in [-0.2, -0.15) is 0 Å². The maximum atomic E-state index is 12.2. The molecular weight excluding hydrogens is 288 g/mol. The minimum atomic E-state index is -0.0707. The summed E-state index contributed by atoms with van der Waals surface area (Å²) in [6.45, 7) is 2.63. The van der Waals surface area contributed by atoms with Crippen LogP contribution in [-0.4, -0.2) is 27.4 Å². The summed E-state index contributed by atoms with van der Waals surface area (Å²) in [6, 6.07) is 15.7. The van der Waals surface area contributed by atoms with Gasteiger partial charge in [0.05, 0.1) is 16.9 Å². The van der Waals surface area contributed by atoms with Crippen molar-refractivity contribution in [3.8, 4) is 16.9 Å². The molecule has 23 heavy (non-hydrogen) atoms. The summed E-state index contributed by atoms with van der Waals surface area (Å²) in [5, 5.41) is 11.6. The van der Waals surface area contributed by atoms with Gasteiger partial charge in [-0.15, -0.1) is 5.10 Å². The summed E-state index contributed by atoms with van der Waals surface area (Å²) >= 11 is 0. The van der Waals surface area contributed by atoms with Crippen LogP contribution in [0.2, 0.25) is 0 Å². The van der Waals surface area contributed by atoms with Crippen molar-refractivity contribution in [3.05, 3.63) is 65.4 Å². The summed E-state index contributed by atoms with van der Waals surface area (Å²) in [5.41, 5.74) is 5.53. The van der Waals surface area contributed by atoms with Crippen molar-refractivity contribution in [3.63, 3.8) is 0 Å². The minimum Gasteiger partial charge on any atom is -0.352 e. The summed E-state index contributed by atoms with van der Waals surface area (Å²) < 4.78 is 1.79. The molecule has 1 amide bonds. The molecule has 114 valence electrons. The lowest BCUT2D eigenvalue weighted by Gasteiger charge is -2.16. The standard InChI is InChI=1S/C18H16N4O/c1-12-6-8-13(9-7-12)17-16-10-11-19-18(23)14-4-2-3-5-15(14)22(16)21-20-17/h2-9H,10-11H2,1H3,(H,19,23). The lowest BCUT2D eigenvalue weighted by molar-refractivity contribution is 0.0952. The molecule has 5 nitrogen and oxygen atoms in total. The lowest BCUT2D eigenvalue weighted by Crippen LogP contribution is -2.30. The molecule has 2 heterocycles. The van der Waals surface area contributed by atoms with E-state index < -0.39 is 0 Å². The molecule has 2 aromatic carbocycles. The van der Waals surface area contributed by atoms with Crippen LogP contribution >= 0.6 is 0 Å². The highest BCUT2D eigenvalue weighted by molar-refractivity contribution is 5.98. The molecule has 0 radical (unpaired) electrons. The van der Waals surface area contributed by atoms with Crippen molar-refractivity contribution in [2.24, 2.45) is 0 Å². The van der Waals surface area contributed by atoms with Gasteiger partial charge in [0.25, 0.3) is 5.91 Å². The molecule has 0 atom stereocenters. The first-order chi connectivity index (χ1) is 11.2. The highest BCUT2D eigenvalue weighted by atomic mass is 16.1. The average molecular weight is 304 g/mol. The van der Waals surface area contributed by atoms with Crippen molar-refractivity contribution in [1.82, 2.24) is 20.3 Å². The Balaban J connectivity index is 1.91. The van der Waals surface area contributed by atoms with Crippen molar-refractivity contribution in [2.45, 2.75) is 13.3 Å². The Labute approximate surface area is 134 Å². The first-order valence-corrected chi connectivity index (χ1v) is 7.63. The van der Waals surface area contributed by atoms with E-state index in [4.69, 9.17) is 0 Å². The SMILES string of the molecule is Cc1ccc(-c2nnn3c2CCNC(=O)c2ccccc2-3)cc1. The first-order valence-electron chi connectivity index (χ1n) is 7.63. The summed E-state index contributed by atoms with van der Waals surface area (Å²) in [4.78, 5) is 12.2. The van der Waals surface area contributed by atoms with Gasteiger partial charge in [-0.3, -0.25) is 4.79 Å². The van der Waals surface area contributed by atoms with E-state index in [0.29, 0.717) is 18.5 Å². The predicted molar refractivity (Wildman–Crippen MR) is 87.6 cm³/mol. The van der Waals surface area contributed by atoms with E-state index in [2.05, 4.69) is 46.8 Å². The van der Waals surface area contributed by atoms with Gasteiger partial charge in [0.2, 0.25) is 0 Å². The Hall–Kier alpha value is -2.95. The van der Waals surface area contributed by atoms with Crippen LogP contribution in [0.4, 0.5) is 0 Å². The first kappa shape index (κ1) is 13.7. The van der Waals surface area contributed by atoms with E-state index in [1.54, 1.807) is 4.68 Å². The van der Waals surface area contributed by atoms with E-state index >= 15 is 0 Å². The number of benzene rings is 2. The summed E-state index contributed by atoms with van der Waals surface area (Å²) in [7, 11) is 0. The maximum Gasteiger partial charge on any atom is 0.253 e. The normalized spacial score (nSPS) is 13.5. The molecule has 0 saturated carbocycles. The van der Waals surface area contributed by atoms with Crippen LogP contribution in [-0.2, 0) is 6.42 Å². The molecular formula is C18H16N4O. The Bertz CT molecular complexity index is 880. The number of rotatable bonds is 1. The maximum absolute atomic E-state index is 12.2. The number of hydrogen-bond acceptors (Lipinski definition) is 3. The quantitative estimate of drug-likeness (QED) is 0.751. The molecule has 1 aromatic heterocycles. The largest absolute Gasteiger partial charge is 0.352 e. The van der Waals surface area contributed by atoms with E-state index in [1.807, 2.05) is 24.3 Å². The lowest BCUT2D eigenvalue weighted by atomic mass is 10.0. The zero-order valence-electron chi connectivity index (χ0n) is 12.8. The molecule has 5 heteroatoms. The van der Waals surface area contributed by atoms with Gasteiger partial charge in [0.1, 0.15) is 5.69 Å². The van der Waals surface area contributed by atoms with Crippen LogP contribution in [0.5, 0.6) is 0 Å². The molecule has 0 spiro atoms. The number of aryl methyl sites for hydroxylation is 1. The second-order valence-electron chi connectivity index (χ2n) is 5.69. The number of carbonyl (C=O) groups excluding carboxylic acids is 1. The molecule has 4 rings (SSSR count). The zero-order chi connectivity index (χ0) is 15.8. The van der Waals surface area contributed by atoms with E-state index in [1.165, 1.54) is 5.56 Å². The van der Waals surface area contributed by atoms with Gasteiger partial charge >= 0.3 is 0 Å². The highest BCUT2D eigenvalue weighted by Gasteiger charge is 2.22.